The van der Waals surface area contributed by atoms with E-state index in [-0.39, 0.29) is 22.6 Å². The van der Waals surface area contributed by atoms with Crippen LogP contribution in [0.25, 0.3) is 0 Å². The van der Waals surface area contributed by atoms with Gasteiger partial charge in [-0.25, -0.2) is 4.79 Å². The molecule has 0 saturated heterocycles. The fraction of sp³-hybridized carbons (Fsp3) is 0.733. The Morgan fingerprint density at radius 2 is 1.86 bits per heavy atom. The Hall–Kier alpha value is -1.40. The lowest BCUT2D eigenvalue weighted by Gasteiger charge is -2.33. The summed E-state index contributed by atoms with van der Waals surface area (Å²) in [6.45, 7) is 8.89. The van der Waals surface area contributed by atoms with E-state index in [4.69, 9.17) is 0 Å². The van der Waals surface area contributed by atoms with Gasteiger partial charge in [0.25, 0.3) is 5.56 Å². The quantitative estimate of drug-likeness (QED) is 0.787. The lowest BCUT2D eigenvalue weighted by atomic mass is 9.80. The summed E-state index contributed by atoms with van der Waals surface area (Å²) in [6.07, 6.45) is 1.14. The third-order valence-corrected chi connectivity index (χ3v) is 3.85. The summed E-state index contributed by atoms with van der Waals surface area (Å²) in [7, 11) is 3.10. The molecular weight excluding hydrogens is 270 g/mol. The van der Waals surface area contributed by atoms with E-state index in [1.54, 1.807) is 13.2 Å². The third kappa shape index (κ3) is 4.04. The van der Waals surface area contributed by atoms with Crippen LogP contribution in [0.4, 0.5) is 0 Å². The molecule has 0 bridgehead atoms. The summed E-state index contributed by atoms with van der Waals surface area (Å²) in [6, 6.07) is 0. The molecule has 21 heavy (non-hydrogen) atoms. The number of aromatic nitrogens is 2. The lowest BCUT2D eigenvalue weighted by Crippen LogP contribution is -2.43. The molecule has 1 rings (SSSR count). The summed E-state index contributed by atoms with van der Waals surface area (Å²) in [5.41, 5.74) is -0.373. The van der Waals surface area contributed by atoms with Crippen molar-refractivity contribution in [3.8, 4) is 0 Å². The normalized spacial score (nSPS) is 13.7. The minimum Gasteiger partial charge on any atom is -0.392 e. The zero-order valence-electron chi connectivity index (χ0n) is 13.8. The van der Waals surface area contributed by atoms with Crippen molar-refractivity contribution >= 4 is 0 Å². The van der Waals surface area contributed by atoms with Crippen molar-refractivity contribution in [1.82, 2.24) is 14.5 Å². The average molecular weight is 297 g/mol. The number of nitrogens with zero attached hydrogens (tertiary/aromatic N) is 2. The Morgan fingerprint density at radius 3 is 2.38 bits per heavy atom. The number of hydrogen-bond donors (Lipinski definition) is 2. The molecule has 1 heterocycles. The van der Waals surface area contributed by atoms with Gasteiger partial charge in [-0.2, -0.15) is 0 Å². The van der Waals surface area contributed by atoms with Crippen molar-refractivity contribution in [2.45, 2.75) is 40.3 Å². The second-order valence-corrected chi connectivity index (χ2v) is 6.69. The predicted octanol–water partition coefficient (Wildman–Crippen LogP) is 0.217. The Morgan fingerprint density at radius 1 is 1.29 bits per heavy atom. The molecule has 1 atom stereocenters. The van der Waals surface area contributed by atoms with Gasteiger partial charge in [0.1, 0.15) is 0 Å². The zero-order chi connectivity index (χ0) is 16.4. The van der Waals surface area contributed by atoms with Gasteiger partial charge in [0, 0.05) is 44.4 Å². The second-order valence-electron chi connectivity index (χ2n) is 6.69. The van der Waals surface area contributed by atoms with Crippen LogP contribution in [0.1, 0.15) is 33.3 Å². The van der Waals surface area contributed by atoms with Gasteiger partial charge in [0.05, 0.1) is 6.10 Å². The van der Waals surface area contributed by atoms with E-state index < -0.39 is 6.10 Å². The fourth-order valence-corrected chi connectivity index (χ4v) is 2.53. The molecule has 6 nitrogen and oxygen atoms in total. The molecule has 1 aromatic rings. The first-order chi connectivity index (χ1) is 9.58. The largest absolute Gasteiger partial charge is 0.392 e. The summed E-state index contributed by atoms with van der Waals surface area (Å²) < 4.78 is 2.50. The molecule has 0 saturated carbocycles. The number of aliphatic hydroxyl groups is 1. The van der Waals surface area contributed by atoms with Crippen molar-refractivity contribution in [2.75, 3.05) is 6.54 Å². The van der Waals surface area contributed by atoms with Gasteiger partial charge in [0.2, 0.25) is 0 Å². The van der Waals surface area contributed by atoms with Crippen molar-refractivity contribution < 1.29 is 5.11 Å². The topological polar surface area (TPSA) is 76.3 Å². The standard InChI is InChI=1S/C15H27N3O3/c1-10(2)12(19)15(3,4)9-16-7-11-8-17(5)14(21)18(6)13(11)20/h8,10,12,16,19H,7,9H2,1-6H3. The molecular formula is C15H27N3O3. The molecule has 6 heteroatoms. The number of hydrogen-bond acceptors (Lipinski definition) is 4. The van der Waals surface area contributed by atoms with Crippen LogP contribution in [0.5, 0.6) is 0 Å². The monoisotopic (exact) mass is 297 g/mol. The summed E-state index contributed by atoms with van der Waals surface area (Å²) in [5.74, 6) is 0.173. The van der Waals surface area contributed by atoms with E-state index in [1.165, 1.54) is 11.6 Å². The Labute approximate surface area is 125 Å². The highest BCUT2D eigenvalue weighted by molar-refractivity contribution is 5.05. The Balaban J connectivity index is 2.78. The van der Waals surface area contributed by atoms with Crippen molar-refractivity contribution in [3.63, 3.8) is 0 Å². The maximum atomic E-state index is 12.0. The van der Waals surface area contributed by atoms with Gasteiger partial charge in [-0.15, -0.1) is 0 Å². The molecule has 1 aromatic heterocycles. The van der Waals surface area contributed by atoms with Crippen LogP contribution in [0, 0.1) is 11.3 Å². The Kier molecular flexibility index (Phi) is 5.53. The number of aryl methyl sites for hydroxylation is 1. The van der Waals surface area contributed by atoms with Crippen LogP contribution in [0.15, 0.2) is 15.8 Å². The van der Waals surface area contributed by atoms with Gasteiger partial charge in [-0.1, -0.05) is 27.7 Å². The first-order valence-electron chi connectivity index (χ1n) is 7.22. The first kappa shape index (κ1) is 17.7. The fourth-order valence-electron chi connectivity index (χ4n) is 2.53. The van der Waals surface area contributed by atoms with E-state index in [1.807, 2.05) is 27.7 Å². The number of aliphatic hydroxyl groups excluding tert-OH is 1. The van der Waals surface area contributed by atoms with Crippen LogP contribution in [0.2, 0.25) is 0 Å². The average Bonchev–Trinajstić information content (AvgIpc) is 2.40. The van der Waals surface area contributed by atoms with E-state index in [2.05, 4.69) is 5.32 Å². The molecule has 0 aliphatic carbocycles. The highest BCUT2D eigenvalue weighted by atomic mass is 16.3. The van der Waals surface area contributed by atoms with Gasteiger partial charge in [0.15, 0.2) is 0 Å². The first-order valence-corrected chi connectivity index (χ1v) is 7.22. The highest BCUT2D eigenvalue weighted by Crippen LogP contribution is 2.25. The number of rotatable bonds is 6. The van der Waals surface area contributed by atoms with Crippen molar-refractivity contribution in [1.29, 1.82) is 0 Å². The van der Waals surface area contributed by atoms with Crippen molar-refractivity contribution in [3.05, 3.63) is 32.6 Å². The lowest BCUT2D eigenvalue weighted by molar-refractivity contribution is 0.0134. The van der Waals surface area contributed by atoms with Gasteiger partial charge in [-0.05, 0) is 5.92 Å². The molecule has 0 amide bonds. The minimum atomic E-state index is -0.423. The van der Waals surface area contributed by atoms with Crippen LogP contribution < -0.4 is 16.6 Å². The molecule has 0 radical (unpaired) electrons. The van der Waals surface area contributed by atoms with Crippen LogP contribution in [-0.4, -0.2) is 26.9 Å². The van der Waals surface area contributed by atoms with E-state index in [0.717, 1.165) is 4.57 Å². The van der Waals surface area contributed by atoms with Crippen molar-refractivity contribution in [2.24, 2.45) is 25.4 Å². The summed E-state index contributed by atoms with van der Waals surface area (Å²) in [5, 5.41) is 13.4. The molecule has 120 valence electrons. The maximum absolute atomic E-state index is 12.0. The van der Waals surface area contributed by atoms with E-state index in [9.17, 15) is 14.7 Å². The molecule has 2 N–H and O–H groups in total. The predicted molar refractivity (Wildman–Crippen MR) is 83.3 cm³/mol. The van der Waals surface area contributed by atoms with Crippen LogP contribution >= 0.6 is 0 Å². The Bertz CT molecular complexity index is 599. The van der Waals surface area contributed by atoms with Gasteiger partial charge in [-0.3, -0.25) is 9.36 Å². The van der Waals surface area contributed by atoms with Crippen LogP contribution in [0.3, 0.4) is 0 Å². The summed E-state index contributed by atoms with van der Waals surface area (Å²) in [4.78, 5) is 23.6. The molecule has 0 aliphatic heterocycles. The molecule has 1 unspecified atom stereocenters. The number of nitrogens with one attached hydrogen (secondary N) is 1. The SMILES string of the molecule is CC(C)C(O)C(C)(C)CNCc1cn(C)c(=O)n(C)c1=O. The molecule has 0 fully saturated rings. The summed E-state index contributed by atoms with van der Waals surface area (Å²) >= 11 is 0. The minimum absolute atomic E-state index is 0.173. The molecule has 0 aliphatic rings. The van der Waals surface area contributed by atoms with E-state index >= 15 is 0 Å². The zero-order valence-corrected chi connectivity index (χ0v) is 13.8. The second kappa shape index (κ2) is 6.58. The highest BCUT2D eigenvalue weighted by Gasteiger charge is 2.29. The third-order valence-electron chi connectivity index (χ3n) is 3.85. The van der Waals surface area contributed by atoms with Gasteiger partial charge >= 0.3 is 5.69 Å². The smallest absolute Gasteiger partial charge is 0.330 e. The van der Waals surface area contributed by atoms with Crippen LogP contribution in [-0.2, 0) is 20.6 Å². The molecule has 0 aromatic carbocycles. The maximum Gasteiger partial charge on any atom is 0.330 e. The molecule has 0 spiro atoms. The van der Waals surface area contributed by atoms with E-state index in [0.29, 0.717) is 18.7 Å². The van der Waals surface area contributed by atoms with Gasteiger partial charge < -0.3 is 15.0 Å².